The lowest BCUT2D eigenvalue weighted by molar-refractivity contribution is -0.118. The van der Waals surface area contributed by atoms with Gasteiger partial charge in [-0.25, -0.2) is 0 Å². The van der Waals surface area contributed by atoms with E-state index in [1.807, 2.05) is 6.07 Å². The summed E-state index contributed by atoms with van der Waals surface area (Å²) < 4.78 is 6.21. The number of hydrogen-bond acceptors (Lipinski definition) is 4. The van der Waals surface area contributed by atoms with Crippen molar-refractivity contribution in [1.29, 1.82) is 0 Å². The van der Waals surface area contributed by atoms with E-state index in [-0.39, 0.29) is 17.8 Å². The Morgan fingerprint density at radius 2 is 2.21 bits per heavy atom. The van der Waals surface area contributed by atoms with Crippen molar-refractivity contribution in [2.75, 3.05) is 6.61 Å². The Balaban J connectivity index is 2.54. The fourth-order valence-electron chi connectivity index (χ4n) is 1.75. The van der Waals surface area contributed by atoms with Gasteiger partial charge < -0.3 is 4.74 Å². The second-order valence-electron chi connectivity index (χ2n) is 4.27. The third-order valence-corrected chi connectivity index (χ3v) is 4.02. The maximum absolute atomic E-state index is 12.2. The topological polar surface area (TPSA) is 43.4 Å². The number of ketones is 1. The maximum atomic E-state index is 12.2. The molecular formula is C15H14O3S. The summed E-state index contributed by atoms with van der Waals surface area (Å²) in [6.07, 6.45) is 1.70. The lowest BCUT2D eigenvalue weighted by atomic mass is 10.1. The van der Waals surface area contributed by atoms with Crippen molar-refractivity contribution in [3.8, 4) is 5.75 Å². The number of carbonyl (C=O) groups is 1. The van der Waals surface area contributed by atoms with Crippen molar-refractivity contribution in [3.63, 3.8) is 0 Å². The first kappa shape index (κ1) is 13.5. The summed E-state index contributed by atoms with van der Waals surface area (Å²) in [6, 6.07) is 5.30. The van der Waals surface area contributed by atoms with Crippen LogP contribution in [0.1, 0.15) is 17.4 Å². The van der Waals surface area contributed by atoms with Gasteiger partial charge in [-0.2, -0.15) is 0 Å². The van der Waals surface area contributed by atoms with Crippen LogP contribution in [0, 0.1) is 6.92 Å². The summed E-state index contributed by atoms with van der Waals surface area (Å²) in [5.74, 6) is 0.487. The number of hydrogen-bond donors (Lipinski definition) is 0. The Kier molecular flexibility index (Phi) is 3.81. The van der Waals surface area contributed by atoms with Crippen molar-refractivity contribution in [2.45, 2.75) is 13.8 Å². The molecule has 0 aliphatic rings. The number of Topliss-reactive ketones (excluding diaryl/α,β-unsaturated/α-hetero) is 1. The molecule has 0 N–H and O–H groups in total. The molecule has 0 bridgehead atoms. The van der Waals surface area contributed by atoms with Crippen molar-refractivity contribution >= 4 is 33.3 Å². The lowest BCUT2D eigenvalue weighted by Gasteiger charge is -2.06. The maximum Gasteiger partial charge on any atom is 0.191 e. The van der Waals surface area contributed by atoms with Crippen molar-refractivity contribution in [1.82, 2.24) is 0 Å². The second kappa shape index (κ2) is 5.36. The predicted octanol–water partition coefficient (Wildman–Crippen LogP) is 3.18. The molecule has 0 radical (unpaired) electrons. The molecule has 1 aromatic carbocycles. The Labute approximate surface area is 115 Å². The Hall–Kier alpha value is -1.94. The van der Waals surface area contributed by atoms with Gasteiger partial charge in [-0.1, -0.05) is 12.7 Å². The summed E-state index contributed by atoms with van der Waals surface area (Å²) in [7, 11) is 0. The van der Waals surface area contributed by atoms with Gasteiger partial charge in [0.05, 0.1) is 0 Å². The summed E-state index contributed by atoms with van der Waals surface area (Å²) in [6.45, 7) is 6.99. The quantitative estimate of drug-likeness (QED) is 0.860. The minimum atomic E-state index is -0.0524. The number of fused-ring (bicyclic) bond motifs is 1. The zero-order valence-corrected chi connectivity index (χ0v) is 11.7. The number of carbonyl (C=O) groups excluding carboxylic acids is 1. The van der Waals surface area contributed by atoms with E-state index in [0.717, 1.165) is 9.58 Å². The van der Waals surface area contributed by atoms with E-state index in [9.17, 15) is 9.59 Å². The van der Waals surface area contributed by atoms with Gasteiger partial charge in [0.25, 0.3) is 0 Å². The predicted molar refractivity (Wildman–Crippen MR) is 79.1 cm³/mol. The fraction of sp³-hybridized carbons (Fsp3) is 0.200. The molecule has 98 valence electrons. The van der Waals surface area contributed by atoms with Gasteiger partial charge in [-0.05, 0) is 32.0 Å². The van der Waals surface area contributed by atoms with Crippen LogP contribution in [0.2, 0.25) is 0 Å². The van der Waals surface area contributed by atoms with Crippen LogP contribution >= 0.6 is 11.3 Å². The van der Waals surface area contributed by atoms with Gasteiger partial charge in [0.15, 0.2) is 11.2 Å². The Bertz CT molecular complexity index is 713. The molecule has 2 aromatic rings. The van der Waals surface area contributed by atoms with Crippen molar-refractivity contribution < 1.29 is 9.53 Å². The highest BCUT2D eigenvalue weighted by molar-refractivity contribution is 7.19. The molecule has 4 heteroatoms. The van der Waals surface area contributed by atoms with Gasteiger partial charge in [-0.3, -0.25) is 9.59 Å². The van der Waals surface area contributed by atoms with Crippen molar-refractivity contribution in [3.05, 3.63) is 45.4 Å². The van der Waals surface area contributed by atoms with E-state index in [1.54, 1.807) is 25.1 Å². The van der Waals surface area contributed by atoms with Crippen molar-refractivity contribution in [2.24, 2.45) is 0 Å². The van der Waals surface area contributed by atoms with Crippen LogP contribution in [0.4, 0.5) is 0 Å². The molecule has 19 heavy (non-hydrogen) atoms. The van der Waals surface area contributed by atoms with Gasteiger partial charge in [0.1, 0.15) is 12.4 Å². The molecule has 2 rings (SSSR count). The zero-order chi connectivity index (χ0) is 14.0. The summed E-state index contributed by atoms with van der Waals surface area (Å²) in [4.78, 5) is 24.0. The summed E-state index contributed by atoms with van der Waals surface area (Å²) >= 11 is 1.52. The molecule has 0 saturated heterocycles. The van der Waals surface area contributed by atoms with E-state index < -0.39 is 0 Å². The largest absolute Gasteiger partial charge is 0.486 e. The molecule has 1 heterocycles. The molecule has 0 aliphatic carbocycles. The normalized spacial score (nSPS) is 10.4. The zero-order valence-electron chi connectivity index (χ0n) is 10.9. The molecular weight excluding hydrogens is 260 g/mol. The molecule has 3 nitrogen and oxygen atoms in total. The van der Waals surface area contributed by atoms with E-state index in [2.05, 4.69) is 6.58 Å². The minimum Gasteiger partial charge on any atom is -0.486 e. The first-order chi connectivity index (χ1) is 9.02. The van der Waals surface area contributed by atoms with Crippen LogP contribution in [-0.2, 0) is 4.79 Å². The van der Waals surface area contributed by atoms with E-state index >= 15 is 0 Å². The van der Waals surface area contributed by atoms with Crippen LogP contribution in [-0.4, -0.2) is 12.4 Å². The van der Waals surface area contributed by atoms with E-state index in [0.29, 0.717) is 16.7 Å². The van der Waals surface area contributed by atoms with Crippen LogP contribution in [0.5, 0.6) is 5.75 Å². The highest BCUT2D eigenvalue weighted by Gasteiger charge is 2.08. The Morgan fingerprint density at radius 3 is 2.84 bits per heavy atom. The molecule has 0 fully saturated rings. The second-order valence-corrected chi connectivity index (χ2v) is 5.36. The molecule has 0 aliphatic heterocycles. The highest BCUT2D eigenvalue weighted by atomic mass is 32.1. The minimum absolute atomic E-state index is 0.0167. The van der Waals surface area contributed by atoms with Crippen LogP contribution in [0.25, 0.3) is 16.2 Å². The molecule has 0 atom stereocenters. The smallest absolute Gasteiger partial charge is 0.191 e. The van der Waals surface area contributed by atoms with Crippen LogP contribution in [0.15, 0.2) is 29.6 Å². The molecule has 0 saturated carbocycles. The highest BCUT2D eigenvalue weighted by Crippen LogP contribution is 2.26. The molecule has 0 amide bonds. The van der Waals surface area contributed by atoms with E-state index in [1.165, 1.54) is 18.3 Å². The van der Waals surface area contributed by atoms with Crippen LogP contribution in [0.3, 0.4) is 0 Å². The standard InChI is InChI=1S/C15H14O3S/c1-4-13-10(3)15(17)12-7-11(18-8-9(2)16)5-6-14(12)19-13/h4-7H,1,8H2,2-3H3. The van der Waals surface area contributed by atoms with Gasteiger partial charge in [0, 0.05) is 20.5 Å². The van der Waals surface area contributed by atoms with Gasteiger partial charge in [0.2, 0.25) is 0 Å². The van der Waals surface area contributed by atoms with Crippen LogP contribution < -0.4 is 10.2 Å². The summed E-state index contributed by atoms with van der Waals surface area (Å²) in [5.41, 5.74) is 0.674. The third kappa shape index (κ3) is 2.74. The lowest BCUT2D eigenvalue weighted by Crippen LogP contribution is -2.08. The third-order valence-electron chi connectivity index (χ3n) is 2.75. The number of rotatable bonds is 4. The molecule has 0 spiro atoms. The molecule has 0 unspecified atom stereocenters. The SMILES string of the molecule is C=Cc1sc2ccc(OCC(C)=O)cc2c(=O)c1C. The Morgan fingerprint density at radius 1 is 1.47 bits per heavy atom. The molecule has 1 aromatic heterocycles. The number of ether oxygens (including phenoxy) is 1. The fourth-order valence-corrected chi connectivity index (χ4v) is 2.72. The van der Waals surface area contributed by atoms with E-state index in [4.69, 9.17) is 4.74 Å². The monoisotopic (exact) mass is 274 g/mol. The number of benzene rings is 1. The first-order valence-electron chi connectivity index (χ1n) is 5.85. The first-order valence-corrected chi connectivity index (χ1v) is 6.66. The van der Waals surface area contributed by atoms with Gasteiger partial charge in [-0.15, -0.1) is 11.3 Å². The average molecular weight is 274 g/mol. The van der Waals surface area contributed by atoms with Gasteiger partial charge >= 0.3 is 0 Å². The summed E-state index contributed by atoms with van der Waals surface area (Å²) in [5, 5.41) is 0.620. The average Bonchev–Trinajstić information content (AvgIpc) is 2.40.